The fourth-order valence-electron chi connectivity index (χ4n) is 0.197. The van der Waals surface area contributed by atoms with Crippen molar-refractivity contribution in [3.05, 3.63) is 0 Å². The predicted octanol–water partition coefficient (Wildman–Crippen LogP) is 0.399. The smallest absolute Gasteiger partial charge is 0.393 e. The second kappa shape index (κ2) is 3.00. The summed E-state index contributed by atoms with van der Waals surface area (Å²) in [5.74, 6) is 0. The van der Waals surface area contributed by atoms with E-state index in [0.717, 1.165) is 0 Å². The van der Waals surface area contributed by atoms with E-state index in [9.17, 15) is 13.2 Å². The normalized spacial score (nSPS) is 15.7. The van der Waals surface area contributed by atoms with Gasteiger partial charge in [0.25, 0.3) is 0 Å². The molecule has 0 heterocycles. The van der Waals surface area contributed by atoms with Gasteiger partial charge in [-0.25, -0.2) is 4.89 Å². The van der Waals surface area contributed by atoms with Gasteiger partial charge in [0.15, 0.2) is 0 Å². The maximum atomic E-state index is 11.3. The van der Waals surface area contributed by atoms with Crippen LogP contribution in [-0.2, 0) is 4.89 Å². The summed E-state index contributed by atoms with van der Waals surface area (Å²) in [5.41, 5.74) is 0. The van der Waals surface area contributed by atoms with Crippen LogP contribution >= 0.6 is 0 Å². The first-order valence-corrected chi connectivity index (χ1v) is 2.00. The topological polar surface area (TPSA) is 49.7 Å². The molecule has 0 fully saturated rings. The van der Waals surface area contributed by atoms with Crippen molar-refractivity contribution in [2.45, 2.75) is 12.3 Å². The van der Waals surface area contributed by atoms with Crippen LogP contribution in [0, 0.1) is 0 Å². The Balaban J connectivity index is 3.79. The maximum Gasteiger partial charge on any atom is 0.420 e. The Kier molecular flexibility index (Phi) is 2.89. The summed E-state index contributed by atoms with van der Waals surface area (Å²) < 4.78 is 33.8. The molecule has 2 N–H and O–H groups in total. The van der Waals surface area contributed by atoms with Crippen LogP contribution in [0.15, 0.2) is 0 Å². The number of hydrogen-bond donors (Lipinski definition) is 2. The highest BCUT2D eigenvalue weighted by molar-refractivity contribution is 4.63. The molecular weight excluding hydrogens is 141 g/mol. The van der Waals surface area contributed by atoms with E-state index in [-0.39, 0.29) is 0 Å². The van der Waals surface area contributed by atoms with E-state index in [1.165, 1.54) is 0 Å². The summed E-state index contributed by atoms with van der Waals surface area (Å²) >= 11 is 0. The van der Waals surface area contributed by atoms with E-state index in [2.05, 4.69) is 4.89 Å². The fraction of sp³-hybridized carbons (Fsp3) is 1.00. The summed E-state index contributed by atoms with van der Waals surface area (Å²) in [5, 5.41) is 15.3. The number of alkyl halides is 3. The Bertz CT molecular complexity index is 76.9. The van der Waals surface area contributed by atoms with Crippen molar-refractivity contribution in [3.8, 4) is 0 Å². The third kappa shape index (κ3) is 2.64. The quantitative estimate of drug-likeness (QED) is 0.438. The minimum atomic E-state index is -4.70. The minimum Gasteiger partial charge on any atom is -0.393 e. The molecule has 0 aliphatic carbocycles. The summed E-state index contributed by atoms with van der Waals surface area (Å²) in [6.45, 7) is -1.28. The van der Waals surface area contributed by atoms with Crippen LogP contribution in [0.25, 0.3) is 0 Å². The molecule has 1 atom stereocenters. The van der Waals surface area contributed by atoms with Crippen LogP contribution < -0.4 is 0 Å². The monoisotopic (exact) mass is 146 g/mol. The Morgan fingerprint density at radius 3 is 1.89 bits per heavy atom. The first-order valence-electron chi connectivity index (χ1n) is 2.00. The third-order valence-corrected chi connectivity index (χ3v) is 0.658. The van der Waals surface area contributed by atoms with E-state index < -0.39 is 18.9 Å². The molecule has 6 heteroatoms. The van der Waals surface area contributed by atoms with Crippen molar-refractivity contribution in [1.29, 1.82) is 0 Å². The van der Waals surface area contributed by atoms with E-state index in [1.807, 2.05) is 0 Å². The van der Waals surface area contributed by atoms with Crippen LogP contribution in [0.5, 0.6) is 0 Å². The van der Waals surface area contributed by atoms with Crippen LogP contribution in [0.4, 0.5) is 13.2 Å². The molecule has 0 spiro atoms. The summed E-state index contributed by atoms with van der Waals surface area (Å²) in [6, 6.07) is 0. The molecule has 0 aliphatic heterocycles. The number of rotatable bonds is 2. The van der Waals surface area contributed by atoms with Crippen molar-refractivity contribution in [2.75, 3.05) is 6.61 Å². The fourth-order valence-corrected chi connectivity index (χ4v) is 0.197. The van der Waals surface area contributed by atoms with Crippen LogP contribution in [-0.4, -0.2) is 29.3 Å². The van der Waals surface area contributed by atoms with Gasteiger partial charge in [-0.05, 0) is 0 Å². The molecule has 0 saturated heterocycles. The van der Waals surface area contributed by atoms with E-state index >= 15 is 0 Å². The Morgan fingerprint density at radius 1 is 1.44 bits per heavy atom. The lowest BCUT2D eigenvalue weighted by molar-refractivity contribution is -0.355. The second-order valence-corrected chi connectivity index (χ2v) is 1.32. The highest BCUT2D eigenvalue weighted by Gasteiger charge is 2.40. The minimum absolute atomic E-state index is 1.28. The SMILES string of the molecule is OC[C@H](OO)C(F)(F)F. The van der Waals surface area contributed by atoms with Gasteiger partial charge in [-0.3, -0.25) is 5.26 Å². The molecule has 3 nitrogen and oxygen atoms in total. The van der Waals surface area contributed by atoms with Crippen molar-refractivity contribution in [2.24, 2.45) is 0 Å². The molecule has 0 aromatic heterocycles. The van der Waals surface area contributed by atoms with Gasteiger partial charge in [0.2, 0.25) is 6.10 Å². The van der Waals surface area contributed by atoms with Gasteiger partial charge < -0.3 is 5.11 Å². The van der Waals surface area contributed by atoms with E-state index in [1.54, 1.807) is 0 Å². The lowest BCUT2D eigenvalue weighted by Crippen LogP contribution is -2.33. The molecule has 0 unspecified atom stereocenters. The lowest BCUT2D eigenvalue weighted by Gasteiger charge is -2.12. The largest absolute Gasteiger partial charge is 0.420 e. The molecule has 0 aromatic rings. The van der Waals surface area contributed by atoms with Crippen LogP contribution in [0.3, 0.4) is 0 Å². The zero-order chi connectivity index (χ0) is 7.49. The van der Waals surface area contributed by atoms with Crippen LogP contribution in [0.2, 0.25) is 0 Å². The summed E-state index contributed by atoms with van der Waals surface area (Å²) in [7, 11) is 0. The molecule has 0 rings (SSSR count). The van der Waals surface area contributed by atoms with Crippen LogP contribution in [0.1, 0.15) is 0 Å². The highest BCUT2D eigenvalue weighted by atomic mass is 19.4. The summed E-state index contributed by atoms with van der Waals surface area (Å²) in [4.78, 5) is 2.89. The third-order valence-electron chi connectivity index (χ3n) is 0.658. The van der Waals surface area contributed by atoms with Gasteiger partial charge in [-0.1, -0.05) is 0 Å². The van der Waals surface area contributed by atoms with Gasteiger partial charge in [0.1, 0.15) is 0 Å². The highest BCUT2D eigenvalue weighted by Crippen LogP contribution is 2.21. The number of aliphatic hydroxyl groups excluding tert-OH is 1. The number of aliphatic hydroxyl groups is 1. The van der Waals surface area contributed by atoms with Gasteiger partial charge in [-0.15, -0.1) is 0 Å². The molecule has 0 aliphatic rings. The average molecular weight is 146 g/mol. The van der Waals surface area contributed by atoms with E-state index in [4.69, 9.17) is 10.4 Å². The number of hydrogen-bond acceptors (Lipinski definition) is 3. The standard InChI is InChI=1S/C3H5F3O3/c4-3(5,6)2(1-7)9-8/h2,7-8H,1H2/t2-/m0/s1. The molecule has 0 amide bonds. The number of halogens is 3. The molecule has 0 bridgehead atoms. The zero-order valence-electron chi connectivity index (χ0n) is 4.22. The summed E-state index contributed by atoms with van der Waals surface area (Å²) in [6.07, 6.45) is -7.19. The molecule has 9 heavy (non-hydrogen) atoms. The van der Waals surface area contributed by atoms with E-state index in [0.29, 0.717) is 0 Å². The van der Waals surface area contributed by atoms with Crippen molar-refractivity contribution in [3.63, 3.8) is 0 Å². The average Bonchev–Trinajstić information content (AvgIpc) is 1.65. The molecule has 0 aromatic carbocycles. The van der Waals surface area contributed by atoms with Gasteiger partial charge in [0, 0.05) is 0 Å². The Hall–Kier alpha value is -0.330. The maximum absolute atomic E-state index is 11.3. The first-order chi connectivity index (χ1) is 4.02. The Labute approximate surface area is 48.6 Å². The molecule has 0 radical (unpaired) electrons. The second-order valence-electron chi connectivity index (χ2n) is 1.32. The molecular formula is C3H5F3O3. The first kappa shape index (κ1) is 8.67. The van der Waals surface area contributed by atoms with Crippen molar-refractivity contribution >= 4 is 0 Å². The zero-order valence-corrected chi connectivity index (χ0v) is 4.22. The van der Waals surface area contributed by atoms with Gasteiger partial charge in [-0.2, -0.15) is 13.2 Å². The Morgan fingerprint density at radius 2 is 1.89 bits per heavy atom. The lowest BCUT2D eigenvalue weighted by atomic mass is 10.4. The predicted molar refractivity (Wildman–Crippen MR) is 20.6 cm³/mol. The molecule has 0 saturated carbocycles. The van der Waals surface area contributed by atoms with Gasteiger partial charge >= 0.3 is 6.18 Å². The van der Waals surface area contributed by atoms with Crippen molar-refractivity contribution in [1.82, 2.24) is 0 Å². The van der Waals surface area contributed by atoms with Gasteiger partial charge in [0.05, 0.1) is 6.61 Å². The molecule has 56 valence electrons. The van der Waals surface area contributed by atoms with Crippen molar-refractivity contribution < 1.29 is 28.4 Å².